The number of para-hydroxylation sites is 1. The summed E-state index contributed by atoms with van der Waals surface area (Å²) in [6, 6.07) is 14.0. The summed E-state index contributed by atoms with van der Waals surface area (Å²) in [7, 11) is 0. The SMILES string of the molecule is Nc1nnc(-c2ccccc2O)cc1N1CC2CCC(C1)N2c1ccnc(C#CCN2CCC(O)CC2)c1. The highest BCUT2D eigenvalue weighted by atomic mass is 16.3. The Morgan fingerprint density at radius 1 is 0.974 bits per heavy atom. The van der Waals surface area contributed by atoms with E-state index >= 15 is 0 Å². The van der Waals surface area contributed by atoms with E-state index in [1.54, 1.807) is 12.1 Å². The van der Waals surface area contributed by atoms with Crippen molar-refractivity contribution in [3.8, 4) is 28.8 Å². The fourth-order valence-electron chi connectivity index (χ4n) is 5.96. The molecule has 3 aliphatic heterocycles. The lowest BCUT2D eigenvalue weighted by molar-refractivity contribution is 0.0889. The smallest absolute Gasteiger partial charge is 0.169 e. The van der Waals surface area contributed by atoms with Gasteiger partial charge < -0.3 is 25.7 Å². The van der Waals surface area contributed by atoms with E-state index in [1.165, 1.54) is 0 Å². The van der Waals surface area contributed by atoms with Crippen LogP contribution in [-0.2, 0) is 0 Å². The Hall–Kier alpha value is -3.87. The molecule has 38 heavy (non-hydrogen) atoms. The summed E-state index contributed by atoms with van der Waals surface area (Å²) in [6.07, 6.45) is 5.54. The van der Waals surface area contributed by atoms with Crippen molar-refractivity contribution in [2.75, 3.05) is 48.3 Å². The number of nitrogens with zero attached hydrogens (tertiary/aromatic N) is 6. The molecule has 6 rings (SSSR count). The number of aromatic hydroxyl groups is 1. The minimum Gasteiger partial charge on any atom is -0.507 e. The maximum Gasteiger partial charge on any atom is 0.169 e. The van der Waals surface area contributed by atoms with Crippen LogP contribution < -0.4 is 15.5 Å². The van der Waals surface area contributed by atoms with Gasteiger partial charge in [-0.25, -0.2) is 4.98 Å². The van der Waals surface area contributed by atoms with E-state index in [-0.39, 0.29) is 11.9 Å². The molecule has 0 spiro atoms. The number of nitrogens with two attached hydrogens (primary N) is 1. The van der Waals surface area contributed by atoms with Crippen molar-refractivity contribution in [3.63, 3.8) is 0 Å². The third-order valence-corrected chi connectivity index (χ3v) is 7.92. The molecule has 0 amide bonds. The molecule has 3 aromatic rings. The van der Waals surface area contributed by atoms with E-state index in [4.69, 9.17) is 5.73 Å². The lowest BCUT2D eigenvalue weighted by Crippen LogP contribution is -2.54. The fourth-order valence-corrected chi connectivity index (χ4v) is 5.96. The minimum absolute atomic E-state index is 0.168. The predicted octanol–water partition coefficient (Wildman–Crippen LogP) is 2.49. The molecule has 3 fully saturated rings. The van der Waals surface area contributed by atoms with Crippen LogP contribution in [0.5, 0.6) is 5.75 Å². The van der Waals surface area contributed by atoms with Crippen LogP contribution in [0, 0.1) is 11.8 Å². The van der Waals surface area contributed by atoms with Crippen LogP contribution in [0.25, 0.3) is 11.3 Å². The summed E-state index contributed by atoms with van der Waals surface area (Å²) in [6.45, 7) is 4.14. The van der Waals surface area contributed by atoms with E-state index in [2.05, 4.69) is 53.9 Å². The summed E-state index contributed by atoms with van der Waals surface area (Å²) >= 11 is 0. The van der Waals surface area contributed by atoms with Crippen LogP contribution in [0.1, 0.15) is 31.4 Å². The first kappa shape index (κ1) is 24.5. The maximum absolute atomic E-state index is 10.3. The standard InChI is InChI=1S/C29H33N7O2/c30-29-27(17-26(32-33-29)25-5-1-2-6-28(25)38)35-18-22-7-8-23(19-35)36(22)21-9-12-31-20(16-21)4-3-13-34-14-10-24(37)11-15-34/h1-2,5-6,9,12,16-17,22-24,37-38H,7-8,10-11,13-15,18-19H2,(H2,30,33). The van der Waals surface area contributed by atoms with Gasteiger partial charge in [-0.15, -0.1) is 10.2 Å². The average molecular weight is 512 g/mol. The number of aliphatic hydroxyl groups is 1. The molecule has 196 valence electrons. The molecule has 0 radical (unpaired) electrons. The molecule has 4 N–H and O–H groups in total. The van der Waals surface area contributed by atoms with Gasteiger partial charge in [-0.2, -0.15) is 0 Å². The Morgan fingerprint density at radius 3 is 2.50 bits per heavy atom. The van der Waals surface area contributed by atoms with Crippen molar-refractivity contribution in [1.82, 2.24) is 20.1 Å². The van der Waals surface area contributed by atoms with Crippen LogP contribution >= 0.6 is 0 Å². The Balaban J connectivity index is 1.17. The average Bonchev–Trinajstić information content (AvgIpc) is 3.20. The van der Waals surface area contributed by atoms with Gasteiger partial charge in [-0.1, -0.05) is 18.1 Å². The highest BCUT2D eigenvalue weighted by Gasteiger charge is 2.40. The van der Waals surface area contributed by atoms with Gasteiger partial charge in [-0.3, -0.25) is 4.90 Å². The van der Waals surface area contributed by atoms with Gasteiger partial charge >= 0.3 is 0 Å². The highest BCUT2D eigenvalue weighted by molar-refractivity contribution is 5.74. The molecule has 2 unspecified atom stereocenters. The predicted molar refractivity (Wildman–Crippen MR) is 148 cm³/mol. The van der Waals surface area contributed by atoms with E-state index in [0.29, 0.717) is 35.7 Å². The number of likely N-dealkylation sites (tertiary alicyclic amines) is 1. The Morgan fingerprint density at radius 2 is 1.74 bits per heavy atom. The monoisotopic (exact) mass is 511 g/mol. The zero-order valence-electron chi connectivity index (χ0n) is 21.4. The van der Waals surface area contributed by atoms with Crippen molar-refractivity contribution in [3.05, 3.63) is 54.4 Å². The number of pyridine rings is 1. The molecule has 2 aromatic heterocycles. The van der Waals surface area contributed by atoms with Crippen molar-refractivity contribution in [2.24, 2.45) is 0 Å². The molecule has 2 bridgehead atoms. The van der Waals surface area contributed by atoms with E-state index in [0.717, 1.165) is 68.9 Å². The number of fused-ring (bicyclic) bond motifs is 2. The number of piperazine rings is 1. The molecule has 3 saturated heterocycles. The second kappa shape index (κ2) is 10.5. The molecule has 0 saturated carbocycles. The van der Waals surface area contributed by atoms with Gasteiger partial charge in [0.2, 0.25) is 0 Å². The van der Waals surface area contributed by atoms with Crippen LogP contribution in [0.2, 0.25) is 0 Å². The zero-order valence-corrected chi connectivity index (χ0v) is 21.4. The van der Waals surface area contributed by atoms with Gasteiger partial charge in [0.15, 0.2) is 5.82 Å². The highest BCUT2D eigenvalue weighted by Crippen LogP contribution is 2.38. The molecule has 9 nitrogen and oxygen atoms in total. The lowest BCUT2D eigenvalue weighted by Gasteiger charge is -2.43. The van der Waals surface area contributed by atoms with E-state index < -0.39 is 0 Å². The maximum atomic E-state index is 10.3. The summed E-state index contributed by atoms with van der Waals surface area (Å²) in [4.78, 5) is 11.6. The number of anilines is 3. The quantitative estimate of drug-likeness (QED) is 0.455. The van der Waals surface area contributed by atoms with Crippen molar-refractivity contribution < 1.29 is 10.2 Å². The van der Waals surface area contributed by atoms with E-state index in [9.17, 15) is 10.2 Å². The zero-order chi connectivity index (χ0) is 26.1. The summed E-state index contributed by atoms with van der Waals surface area (Å²) in [5, 5.41) is 28.5. The molecular weight excluding hydrogens is 478 g/mol. The second-order valence-electron chi connectivity index (χ2n) is 10.4. The molecule has 3 aliphatic rings. The molecule has 1 aromatic carbocycles. The van der Waals surface area contributed by atoms with Gasteiger partial charge in [-0.05, 0) is 61.9 Å². The van der Waals surface area contributed by atoms with Crippen molar-refractivity contribution in [1.29, 1.82) is 0 Å². The largest absolute Gasteiger partial charge is 0.507 e. The van der Waals surface area contributed by atoms with Gasteiger partial charge in [0.25, 0.3) is 0 Å². The number of nitrogen functional groups attached to an aromatic ring is 1. The van der Waals surface area contributed by atoms with Gasteiger partial charge in [0.05, 0.1) is 24.0 Å². The Bertz CT molecular complexity index is 1350. The van der Waals surface area contributed by atoms with E-state index in [1.807, 2.05) is 24.4 Å². The second-order valence-corrected chi connectivity index (χ2v) is 10.4. The fraction of sp³-hybridized carbons (Fsp3) is 0.414. The van der Waals surface area contributed by atoms with Gasteiger partial charge in [0, 0.05) is 55.7 Å². The number of piperidine rings is 1. The number of phenols is 1. The molecule has 2 atom stereocenters. The van der Waals surface area contributed by atoms with Crippen LogP contribution in [0.4, 0.5) is 17.2 Å². The molecule has 5 heterocycles. The summed E-state index contributed by atoms with van der Waals surface area (Å²) < 4.78 is 0. The lowest BCUT2D eigenvalue weighted by atomic mass is 10.1. The number of hydrogen-bond acceptors (Lipinski definition) is 9. The third-order valence-electron chi connectivity index (χ3n) is 7.92. The molecule has 9 heteroatoms. The van der Waals surface area contributed by atoms with Crippen LogP contribution in [0.3, 0.4) is 0 Å². The van der Waals surface area contributed by atoms with Gasteiger partial charge in [0.1, 0.15) is 11.4 Å². The number of aliphatic hydroxyl groups excluding tert-OH is 1. The van der Waals surface area contributed by atoms with Crippen molar-refractivity contribution >= 4 is 17.2 Å². The first-order valence-corrected chi connectivity index (χ1v) is 13.4. The molecule has 0 aliphatic carbocycles. The van der Waals surface area contributed by atoms with Crippen molar-refractivity contribution in [2.45, 2.75) is 43.9 Å². The van der Waals surface area contributed by atoms with Crippen LogP contribution in [0.15, 0.2) is 48.7 Å². The topological polar surface area (TPSA) is 115 Å². The summed E-state index contributed by atoms with van der Waals surface area (Å²) in [5.41, 5.74) is 10.4. The number of rotatable bonds is 4. The normalized spacial score (nSPS) is 21.8. The number of phenolic OH excluding ortho intramolecular Hbond substituents is 1. The Kier molecular flexibility index (Phi) is 6.75. The third kappa shape index (κ3) is 4.97. The Labute approximate surface area is 222 Å². The molecular formula is C29H33N7O2. The first-order chi connectivity index (χ1) is 18.5. The minimum atomic E-state index is -0.168. The first-order valence-electron chi connectivity index (χ1n) is 13.4. The van der Waals surface area contributed by atoms with Crippen LogP contribution in [-0.4, -0.2) is 81.2 Å². The number of aromatic nitrogens is 3. The summed E-state index contributed by atoms with van der Waals surface area (Å²) in [5.74, 6) is 7.10. The number of hydrogen-bond donors (Lipinski definition) is 3. The number of benzene rings is 1.